The zero-order chi connectivity index (χ0) is 15.5. The van der Waals surface area contributed by atoms with Crippen LogP contribution in [-0.2, 0) is 4.79 Å². The van der Waals surface area contributed by atoms with Gasteiger partial charge in [0, 0.05) is 37.2 Å². The Labute approximate surface area is 130 Å². The van der Waals surface area contributed by atoms with Crippen molar-refractivity contribution in [2.45, 2.75) is 57.4 Å². The average molecular weight is 304 g/mol. The first kappa shape index (κ1) is 15.1. The molecule has 2 heterocycles. The zero-order valence-electron chi connectivity index (χ0n) is 13.1. The Hall–Kier alpha value is -1.85. The molecule has 1 saturated carbocycles. The maximum Gasteiger partial charge on any atom is 0.271 e. The SMILES string of the molecule is CC1CCCCN1C(=O)CCNC(=O)c1cc(C2CC2)[nH]n1. The second-order valence-corrected chi connectivity index (χ2v) is 6.42. The second kappa shape index (κ2) is 6.50. The lowest BCUT2D eigenvalue weighted by molar-refractivity contribution is -0.134. The van der Waals surface area contributed by atoms with Gasteiger partial charge in [0.1, 0.15) is 5.69 Å². The first-order valence-electron chi connectivity index (χ1n) is 8.28. The van der Waals surface area contributed by atoms with Crippen molar-refractivity contribution in [3.05, 3.63) is 17.5 Å². The van der Waals surface area contributed by atoms with E-state index in [9.17, 15) is 9.59 Å². The number of aromatic amines is 1. The summed E-state index contributed by atoms with van der Waals surface area (Å²) in [6.07, 6.45) is 6.06. The molecule has 1 atom stereocenters. The Morgan fingerprint density at radius 3 is 2.91 bits per heavy atom. The summed E-state index contributed by atoms with van der Waals surface area (Å²) in [6, 6.07) is 2.14. The van der Waals surface area contributed by atoms with Crippen molar-refractivity contribution in [2.24, 2.45) is 0 Å². The molecule has 2 amide bonds. The topological polar surface area (TPSA) is 78.1 Å². The number of hydrogen-bond acceptors (Lipinski definition) is 3. The molecule has 6 heteroatoms. The van der Waals surface area contributed by atoms with Crippen LogP contribution in [0.1, 0.15) is 67.5 Å². The van der Waals surface area contributed by atoms with Crippen molar-refractivity contribution >= 4 is 11.8 Å². The number of rotatable bonds is 5. The monoisotopic (exact) mass is 304 g/mol. The summed E-state index contributed by atoms with van der Waals surface area (Å²) in [7, 11) is 0. The van der Waals surface area contributed by atoms with E-state index in [0.717, 1.165) is 25.1 Å². The number of likely N-dealkylation sites (tertiary alicyclic amines) is 1. The lowest BCUT2D eigenvalue weighted by atomic mass is 10.0. The highest BCUT2D eigenvalue weighted by molar-refractivity contribution is 5.92. The number of amides is 2. The van der Waals surface area contributed by atoms with E-state index in [0.29, 0.717) is 30.6 Å². The highest BCUT2D eigenvalue weighted by atomic mass is 16.2. The van der Waals surface area contributed by atoms with Gasteiger partial charge in [0.15, 0.2) is 0 Å². The van der Waals surface area contributed by atoms with Crippen molar-refractivity contribution in [3.63, 3.8) is 0 Å². The fourth-order valence-corrected chi connectivity index (χ4v) is 3.04. The molecule has 22 heavy (non-hydrogen) atoms. The quantitative estimate of drug-likeness (QED) is 0.871. The largest absolute Gasteiger partial charge is 0.350 e. The predicted molar refractivity (Wildman–Crippen MR) is 82.5 cm³/mol. The van der Waals surface area contributed by atoms with Crippen LogP contribution in [0.3, 0.4) is 0 Å². The molecule has 1 aliphatic heterocycles. The number of nitrogens with zero attached hydrogens (tertiary/aromatic N) is 2. The van der Waals surface area contributed by atoms with Gasteiger partial charge in [0.05, 0.1) is 0 Å². The van der Waals surface area contributed by atoms with Crippen molar-refractivity contribution in [3.8, 4) is 0 Å². The Bertz CT molecular complexity index is 550. The maximum atomic E-state index is 12.2. The van der Waals surface area contributed by atoms with Crippen LogP contribution >= 0.6 is 0 Å². The van der Waals surface area contributed by atoms with E-state index >= 15 is 0 Å². The fraction of sp³-hybridized carbons (Fsp3) is 0.688. The van der Waals surface area contributed by atoms with E-state index in [-0.39, 0.29) is 11.8 Å². The van der Waals surface area contributed by atoms with Gasteiger partial charge in [-0.05, 0) is 45.1 Å². The van der Waals surface area contributed by atoms with Crippen molar-refractivity contribution in [1.29, 1.82) is 0 Å². The minimum Gasteiger partial charge on any atom is -0.350 e. The maximum absolute atomic E-state index is 12.2. The van der Waals surface area contributed by atoms with Crippen LogP contribution in [0, 0.1) is 0 Å². The number of nitrogens with one attached hydrogen (secondary N) is 2. The number of piperidine rings is 1. The number of aromatic nitrogens is 2. The summed E-state index contributed by atoms with van der Waals surface area (Å²) < 4.78 is 0. The number of carbonyl (C=O) groups is 2. The summed E-state index contributed by atoms with van der Waals surface area (Å²) >= 11 is 0. The normalized spacial score (nSPS) is 21.7. The molecular weight excluding hydrogens is 280 g/mol. The molecule has 2 aliphatic rings. The van der Waals surface area contributed by atoms with Gasteiger partial charge in [-0.15, -0.1) is 0 Å². The van der Waals surface area contributed by atoms with Gasteiger partial charge in [0.25, 0.3) is 5.91 Å². The third-order valence-corrected chi connectivity index (χ3v) is 4.60. The molecule has 1 unspecified atom stereocenters. The highest BCUT2D eigenvalue weighted by Gasteiger charge is 2.26. The molecular formula is C16H24N4O2. The Kier molecular flexibility index (Phi) is 4.45. The molecule has 0 bridgehead atoms. The van der Waals surface area contributed by atoms with E-state index in [1.165, 1.54) is 19.3 Å². The van der Waals surface area contributed by atoms with Crippen LogP contribution in [0.25, 0.3) is 0 Å². The van der Waals surface area contributed by atoms with Crippen molar-refractivity contribution < 1.29 is 9.59 Å². The second-order valence-electron chi connectivity index (χ2n) is 6.42. The Morgan fingerprint density at radius 2 is 2.18 bits per heavy atom. The number of H-pyrrole nitrogens is 1. The molecule has 3 rings (SSSR count). The molecule has 6 nitrogen and oxygen atoms in total. The first-order valence-corrected chi connectivity index (χ1v) is 8.28. The van der Waals surface area contributed by atoms with Gasteiger partial charge in [-0.1, -0.05) is 0 Å². The third-order valence-electron chi connectivity index (χ3n) is 4.60. The van der Waals surface area contributed by atoms with E-state index in [1.807, 2.05) is 11.0 Å². The van der Waals surface area contributed by atoms with Gasteiger partial charge in [-0.2, -0.15) is 5.10 Å². The first-order chi connectivity index (χ1) is 10.6. The van der Waals surface area contributed by atoms with E-state index < -0.39 is 0 Å². The minimum absolute atomic E-state index is 0.133. The van der Waals surface area contributed by atoms with Crippen LogP contribution in [0.4, 0.5) is 0 Å². The van der Waals surface area contributed by atoms with E-state index in [1.54, 1.807) is 0 Å². The highest BCUT2D eigenvalue weighted by Crippen LogP contribution is 2.38. The standard InChI is InChI=1S/C16H24N4O2/c1-11-4-2-3-9-20(11)15(21)7-8-17-16(22)14-10-13(18-19-14)12-5-6-12/h10-12H,2-9H2,1H3,(H,17,22)(H,18,19). The summed E-state index contributed by atoms with van der Waals surface area (Å²) in [4.78, 5) is 26.1. The molecule has 0 aromatic carbocycles. The molecule has 0 spiro atoms. The van der Waals surface area contributed by atoms with Crippen LogP contribution in [-0.4, -0.2) is 46.0 Å². The van der Waals surface area contributed by atoms with Gasteiger partial charge in [0.2, 0.25) is 5.91 Å². The molecule has 2 N–H and O–H groups in total. The third kappa shape index (κ3) is 3.48. The van der Waals surface area contributed by atoms with Gasteiger partial charge >= 0.3 is 0 Å². The number of hydrogen-bond donors (Lipinski definition) is 2. The van der Waals surface area contributed by atoms with Crippen molar-refractivity contribution in [2.75, 3.05) is 13.1 Å². The predicted octanol–water partition coefficient (Wildman–Crippen LogP) is 1.81. The molecule has 2 fully saturated rings. The Balaban J connectivity index is 1.43. The minimum atomic E-state index is -0.206. The van der Waals surface area contributed by atoms with E-state index in [2.05, 4.69) is 22.4 Å². The van der Waals surface area contributed by atoms with Crippen LogP contribution < -0.4 is 5.32 Å². The average Bonchev–Trinajstić information content (AvgIpc) is 3.24. The molecule has 1 aromatic rings. The summed E-state index contributed by atoms with van der Waals surface area (Å²) in [5.74, 6) is 0.479. The summed E-state index contributed by atoms with van der Waals surface area (Å²) in [5.41, 5.74) is 1.46. The molecule has 1 saturated heterocycles. The van der Waals surface area contributed by atoms with Crippen molar-refractivity contribution in [1.82, 2.24) is 20.4 Å². The van der Waals surface area contributed by atoms with Gasteiger partial charge < -0.3 is 10.2 Å². The van der Waals surface area contributed by atoms with Crippen LogP contribution in [0.2, 0.25) is 0 Å². The Morgan fingerprint density at radius 1 is 1.36 bits per heavy atom. The van der Waals surface area contributed by atoms with Gasteiger partial charge in [-0.3, -0.25) is 14.7 Å². The molecule has 0 radical (unpaired) electrons. The molecule has 120 valence electrons. The van der Waals surface area contributed by atoms with Crippen LogP contribution in [0.5, 0.6) is 0 Å². The smallest absolute Gasteiger partial charge is 0.271 e. The summed E-state index contributed by atoms with van der Waals surface area (Å²) in [6.45, 7) is 3.31. The molecule has 1 aromatic heterocycles. The van der Waals surface area contributed by atoms with Crippen LogP contribution in [0.15, 0.2) is 6.07 Å². The fourth-order valence-electron chi connectivity index (χ4n) is 3.04. The zero-order valence-corrected chi connectivity index (χ0v) is 13.1. The lowest BCUT2D eigenvalue weighted by Gasteiger charge is -2.33. The lowest BCUT2D eigenvalue weighted by Crippen LogP contribution is -2.43. The molecule has 1 aliphatic carbocycles. The number of carbonyl (C=O) groups excluding carboxylic acids is 2. The van der Waals surface area contributed by atoms with Gasteiger partial charge in [-0.25, -0.2) is 0 Å². The summed E-state index contributed by atoms with van der Waals surface area (Å²) in [5, 5.41) is 9.75. The van der Waals surface area contributed by atoms with E-state index in [4.69, 9.17) is 0 Å².